The number of carbonyl (C=O) groups is 2. The predicted octanol–water partition coefficient (Wildman–Crippen LogP) is 6.58. The second kappa shape index (κ2) is 11.6. The van der Waals surface area contributed by atoms with Crippen molar-refractivity contribution >= 4 is 30.8 Å². The zero-order chi connectivity index (χ0) is 31.2. The average Bonchev–Trinajstić information content (AvgIpc) is 3.47. The first-order valence-electron chi connectivity index (χ1n) is 15.2. The Kier molecular flexibility index (Phi) is 8.35. The molecule has 3 aromatic carbocycles. The van der Waals surface area contributed by atoms with E-state index in [2.05, 4.69) is 75.4 Å². The van der Waals surface area contributed by atoms with Crippen LogP contribution in [-0.4, -0.2) is 50.6 Å². The summed E-state index contributed by atoms with van der Waals surface area (Å²) in [5.74, 6) is -0.153. The van der Waals surface area contributed by atoms with Crippen molar-refractivity contribution in [3.8, 4) is 0 Å². The van der Waals surface area contributed by atoms with Gasteiger partial charge in [0.25, 0.3) is 8.32 Å². The Bertz CT molecular complexity index is 1440. The van der Waals surface area contributed by atoms with E-state index in [9.17, 15) is 9.59 Å². The van der Waals surface area contributed by atoms with Gasteiger partial charge in [-0.25, -0.2) is 9.59 Å². The van der Waals surface area contributed by atoms with E-state index in [1.807, 2.05) is 50.8 Å². The summed E-state index contributed by atoms with van der Waals surface area (Å²) in [6, 6.07) is 24.8. The number of likely N-dealkylation sites (tertiary alicyclic amines) is 1. The molecule has 0 unspecified atom stereocenters. The summed E-state index contributed by atoms with van der Waals surface area (Å²) in [7, 11) is -1.41. The van der Waals surface area contributed by atoms with Crippen LogP contribution in [0.5, 0.6) is 0 Å². The van der Waals surface area contributed by atoms with E-state index in [1.165, 1.54) is 23.0 Å². The fraction of sp³-hybridized carbons (Fsp3) is 0.444. The molecule has 1 heterocycles. The minimum atomic E-state index is -2.81. The molecule has 2 aliphatic rings. The molecule has 43 heavy (non-hydrogen) atoms. The molecular weight excluding hydrogens is 554 g/mol. The summed E-state index contributed by atoms with van der Waals surface area (Å²) in [6.45, 7) is 14.8. The number of hydrogen-bond acceptors (Lipinski definition) is 5. The maximum Gasteiger partial charge on any atom is 0.411 e. The molecule has 0 N–H and O–H groups in total. The molecule has 1 aliphatic heterocycles. The molecule has 1 aliphatic carbocycles. The summed E-state index contributed by atoms with van der Waals surface area (Å²) in [4.78, 5) is 28.5. The highest BCUT2D eigenvalue weighted by molar-refractivity contribution is 6.99. The highest BCUT2D eigenvalue weighted by Crippen LogP contribution is 2.50. The first kappa shape index (κ1) is 31.0. The van der Waals surface area contributed by atoms with Crippen molar-refractivity contribution in [1.82, 2.24) is 4.90 Å². The third-order valence-corrected chi connectivity index (χ3v) is 13.9. The highest BCUT2D eigenvalue weighted by atomic mass is 28.4. The molecule has 1 fully saturated rings. The molecule has 0 bridgehead atoms. The van der Waals surface area contributed by atoms with Gasteiger partial charge in [0.2, 0.25) is 0 Å². The van der Waals surface area contributed by atoms with Gasteiger partial charge in [-0.2, -0.15) is 0 Å². The topological polar surface area (TPSA) is 65.1 Å². The van der Waals surface area contributed by atoms with Crippen LogP contribution in [-0.2, 0) is 20.3 Å². The van der Waals surface area contributed by atoms with Gasteiger partial charge in [0, 0.05) is 0 Å². The van der Waals surface area contributed by atoms with E-state index < -0.39 is 13.9 Å². The van der Waals surface area contributed by atoms with Gasteiger partial charge >= 0.3 is 12.1 Å². The van der Waals surface area contributed by atoms with E-state index in [0.717, 1.165) is 24.0 Å². The van der Waals surface area contributed by atoms with Crippen molar-refractivity contribution in [2.45, 2.75) is 84.0 Å². The number of hydrogen-bond donors (Lipinski definition) is 0. The normalized spacial score (nSPS) is 20.0. The van der Waals surface area contributed by atoms with Gasteiger partial charge in [-0.15, -0.1) is 0 Å². The lowest BCUT2D eigenvalue weighted by Crippen LogP contribution is -2.67. The SMILES string of the molecule is COC(=O)c1cc2c(cc1C)C[C@@H]1C[C@@H](CO[Si](c3ccccc3)(c3ccccc3)C(C)(C)C)N(C(=O)OC(C)(C)C)[C@H]21. The average molecular weight is 600 g/mol. The lowest BCUT2D eigenvalue weighted by atomic mass is 9.99. The molecule has 3 aromatic rings. The maximum absolute atomic E-state index is 14.0. The molecule has 0 spiro atoms. The van der Waals surface area contributed by atoms with E-state index in [0.29, 0.717) is 12.2 Å². The van der Waals surface area contributed by atoms with Gasteiger partial charge in [0.05, 0.1) is 31.4 Å². The monoisotopic (exact) mass is 599 g/mol. The van der Waals surface area contributed by atoms with Crippen LogP contribution in [0.3, 0.4) is 0 Å². The maximum atomic E-state index is 14.0. The lowest BCUT2D eigenvalue weighted by molar-refractivity contribution is 0.00876. The molecule has 1 amide bonds. The Labute approximate surface area is 257 Å². The van der Waals surface area contributed by atoms with Crippen molar-refractivity contribution in [1.29, 1.82) is 0 Å². The van der Waals surface area contributed by atoms with Crippen molar-refractivity contribution in [2.75, 3.05) is 13.7 Å². The summed E-state index contributed by atoms with van der Waals surface area (Å²) >= 11 is 0. The second-order valence-corrected chi connectivity index (χ2v) is 18.3. The number of carbonyl (C=O) groups excluding carboxylic acids is 2. The number of esters is 1. The summed E-state index contributed by atoms with van der Waals surface area (Å²) < 4.78 is 18.4. The number of fused-ring (bicyclic) bond motifs is 3. The van der Waals surface area contributed by atoms with Crippen LogP contribution in [0.4, 0.5) is 4.79 Å². The summed E-state index contributed by atoms with van der Waals surface area (Å²) in [5, 5.41) is 2.24. The molecule has 228 valence electrons. The van der Waals surface area contributed by atoms with E-state index in [4.69, 9.17) is 13.9 Å². The molecule has 7 heteroatoms. The fourth-order valence-corrected chi connectivity index (χ4v) is 11.8. The van der Waals surface area contributed by atoms with Crippen molar-refractivity contribution in [2.24, 2.45) is 5.92 Å². The van der Waals surface area contributed by atoms with Crippen LogP contribution in [0, 0.1) is 12.8 Å². The standard InChI is InChI=1S/C36H45NO5Si/c1-24-19-25-20-26-21-27(37(34(39)42-35(2,3)4)32(26)31(25)22-30(24)33(38)40-8)23-41-43(36(5,6)7,28-15-11-9-12-16-28)29-17-13-10-14-18-29/h9-19,22,26-27,32H,20-21,23H2,1-8H3/t26-,27+,32+/m1/s1. The predicted molar refractivity (Wildman–Crippen MR) is 173 cm³/mol. The number of nitrogens with zero attached hydrogens (tertiary/aromatic N) is 1. The molecule has 0 aromatic heterocycles. The Balaban J connectivity index is 1.56. The van der Waals surface area contributed by atoms with Crippen LogP contribution in [0.15, 0.2) is 72.8 Å². The highest BCUT2D eigenvalue weighted by Gasteiger charge is 2.54. The Morgan fingerprint density at radius 1 is 0.907 bits per heavy atom. The van der Waals surface area contributed by atoms with Crippen molar-refractivity contribution < 1.29 is 23.5 Å². The Morgan fingerprint density at radius 2 is 1.49 bits per heavy atom. The van der Waals surface area contributed by atoms with E-state index >= 15 is 0 Å². The minimum Gasteiger partial charge on any atom is -0.465 e. The first-order valence-corrected chi connectivity index (χ1v) is 17.2. The van der Waals surface area contributed by atoms with Gasteiger partial charge in [-0.1, -0.05) is 87.5 Å². The summed E-state index contributed by atoms with van der Waals surface area (Å²) in [5.41, 5.74) is 2.97. The molecule has 5 rings (SSSR count). The quantitative estimate of drug-likeness (QED) is 0.237. The van der Waals surface area contributed by atoms with Crippen molar-refractivity contribution in [3.63, 3.8) is 0 Å². The van der Waals surface area contributed by atoms with Crippen LogP contribution in [0.25, 0.3) is 0 Å². The molecule has 1 saturated heterocycles. The molecule has 0 saturated carbocycles. The van der Waals surface area contributed by atoms with Gasteiger partial charge < -0.3 is 13.9 Å². The third kappa shape index (κ3) is 5.77. The zero-order valence-corrected chi connectivity index (χ0v) is 27.8. The minimum absolute atomic E-state index is 0.178. The van der Waals surface area contributed by atoms with E-state index in [1.54, 1.807) is 0 Å². The number of aryl methyl sites for hydroxylation is 1. The lowest BCUT2D eigenvalue weighted by Gasteiger charge is -2.44. The Morgan fingerprint density at radius 3 is 2.00 bits per heavy atom. The largest absolute Gasteiger partial charge is 0.465 e. The Hall–Kier alpha value is -3.42. The number of ether oxygens (including phenoxy) is 2. The molecule has 6 nitrogen and oxygen atoms in total. The van der Waals surface area contributed by atoms with Crippen molar-refractivity contribution in [3.05, 3.63) is 95.1 Å². The third-order valence-electron chi connectivity index (χ3n) is 8.92. The molecule has 3 atom stereocenters. The number of benzene rings is 3. The molecule has 0 radical (unpaired) electrons. The zero-order valence-electron chi connectivity index (χ0n) is 26.8. The summed E-state index contributed by atoms with van der Waals surface area (Å²) in [6.07, 6.45) is 1.30. The smallest absolute Gasteiger partial charge is 0.411 e. The molecular formula is C36H45NO5Si. The van der Waals surface area contributed by atoms with Crippen LogP contribution >= 0.6 is 0 Å². The van der Waals surface area contributed by atoms with E-state index in [-0.39, 0.29) is 35.1 Å². The van der Waals surface area contributed by atoms with Gasteiger partial charge in [-0.3, -0.25) is 4.90 Å². The number of amides is 1. The van der Waals surface area contributed by atoms with Gasteiger partial charge in [0.15, 0.2) is 0 Å². The van der Waals surface area contributed by atoms with Crippen LogP contribution in [0.1, 0.15) is 81.1 Å². The van der Waals surface area contributed by atoms with Crippen LogP contribution in [0.2, 0.25) is 5.04 Å². The van der Waals surface area contributed by atoms with Crippen LogP contribution < -0.4 is 10.4 Å². The number of rotatable bonds is 6. The fourth-order valence-electron chi connectivity index (χ4n) is 7.20. The van der Waals surface area contributed by atoms with Gasteiger partial charge in [0.1, 0.15) is 5.60 Å². The second-order valence-electron chi connectivity index (χ2n) is 14.0. The number of methoxy groups -OCH3 is 1. The first-order chi connectivity index (χ1) is 20.3. The van der Waals surface area contributed by atoms with Gasteiger partial charge in [-0.05, 0) is 84.6 Å².